The van der Waals surface area contributed by atoms with E-state index in [2.05, 4.69) is 10.1 Å². The van der Waals surface area contributed by atoms with Gasteiger partial charge in [-0.3, -0.25) is 10.1 Å². The van der Waals surface area contributed by atoms with Crippen LogP contribution in [0.4, 0.5) is 5.69 Å². The predicted octanol–water partition coefficient (Wildman–Crippen LogP) is 2.18. The van der Waals surface area contributed by atoms with Crippen LogP contribution in [0.25, 0.3) is 17.0 Å². The summed E-state index contributed by atoms with van der Waals surface area (Å²) in [6, 6.07) is 13.2. The molecule has 7 nitrogen and oxygen atoms in total. The molecule has 0 aliphatic carbocycles. The van der Waals surface area contributed by atoms with Crippen molar-refractivity contribution >= 4 is 11.3 Å². The van der Waals surface area contributed by atoms with E-state index in [1.807, 2.05) is 6.07 Å². The third-order valence-electron chi connectivity index (χ3n) is 2.82. The molecule has 1 aromatic carbocycles. The average molecular weight is 265 g/mol. The summed E-state index contributed by atoms with van der Waals surface area (Å²) in [5.41, 5.74) is 1.05. The molecule has 0 unspecified atom stereocenters. The summed E-state index contributed by atoms with van der Waals surface area (Å²) in [6.45, 7) is 0. The highest BCUT2D eigenvalue weighted by Crippen LogP contribution is 2.27. The molecule has 2 aromatic heterocycles. The van der Waals surface area contributed by atoms with Crippen LogP contribution in [0.15, 0.2) is 42.5 Å². The minimum absolute atomic E-state index is 0.0677. The van der Waals surface area contributed by atoms with Gasteiger partial charge in [0.15, 0.2) is 11.5 Å². The maximum Gasteiger partial charge on any atom is 0.280 e. The highest BCUT2D eigenvalue weighted by atomic mass is 16.6. The highest BCUT2D eigenvalue weighted by molar-refractivity contribution is 5.69. The van der Waals surface area contributed by atoms with Crippen molar-refractivity contribution in [3.8, 4) is 17.5 Å². The second-order valence-corrected chi connectivity index (χ2v) is 4.00. The van der Waals surface area contributed by atoms with Crippen LogP contribution in [0, 0.1) is 21.4 Å². The van der Waals surface area contributed by atoms with Crippen molar-refractivity contribution in [3.63, 3.8) is 0 Å². The summed E-state index contributed by atoms with van der Waals surface area (Å²) in [5.74, 6) is 0.222. The number of pyridine rings is 1. The first kappa shape index (κ1) is 11.8. The molecule has 3 aromatic rings. The van der Waals surface area contributed by atoms with Crippen molar-refractivity contribution in [1.29, 1.82) is 5.26 Å². The molecule has 3 rings (SSSR count). The lowest BCUT2D eigenvalue weighted by Crippen LogP contribution is -1.95. The van der Waals surface area contributed by atoms with E-state index in [4.69, 9.17) is 5.26 Å². The van der Waals surface area contributed by atoms with Gasteiger partial charge < -0.3 is 0 Å². The summed E-state index contributed by atoms with van der Waals surface area (Å²) < 4.78 is 1.37. The largest absolute Gasteiger partial charge is 0.280 e. The fourth-order valence-electron chi connectivity index (χ4n) is 1.93. The molecule has 96 valence electrons. The molecule has 0 saturated heterocycles. The number of benzene rings is 1. The minimum Gasteiger partial charge on any atom is -0.258 e. The van der Waals surface area contributed by atoms with Gasteiger partial charge in [0.05, 0.1) is 10.5 Å². The Morgan fingerprint density at radius 2 is 2.00 bits per heavy atom. The van der Waals surface area contributed by atoms with E-state index in [0.29, 0.717) is 16.9 Å². The molecular formula is C13H7N5O2. The Morgan fingerprint density at radius 1 is 1.20 bits per heavy atom. The van der Waals surface area contributed by atoms with E-state index in [9.17, 15) is 10.1 Å². The average Bonchev–Trinajstić information content (AvgIpc) is 2.90. The lowest BCUT2D eigenvalue weighted by Gasteiger charge is -1.96. The smallest absolute Gasteiger partial charge is 0.258 e. The number of para-hydroxylation sites is 1. The SMILES string of the molecule is N#Cc1cccc2nc(-c3ccccc3[N+](=O)[O-])nn12. The first-order chi connectivity index (χ1) is 9.70. The maximum atomic E-state index is 11.0. The molecule has 0 aliphatic rings. The molecule has 0 fully saturated rings. The van der Waals surface area contributed by atoms with Crippen LogP contribution in [0.1, 0.15) is 5.69 Å². The van der Waals surface area contributed by atoms with Gasteiger partial charge in [0.2, 0.25) is 0 Å². The van der Waals surface area contributed by atoms with Crippen LogP contribution < -0.4 is 0 Å². The van der Waals surface area contributed by atoms with Gasteiger partial charge in [-0.1, -0.05) is 18.2 Å². The van der Waals surface area contributed by atoms with Crippen molar-refractivity contribution in [3.05, 3.63) is 58.3 Å². The second kappa shape index (κ2) is 4.44. The molecule has 0 spiro atoms. The Bertz CT molecular complexity index is 863. The van der Waals surface area contributed by atoms with E-state index < -0.39 is 4.92 Å². The van der Waals surface area contributed by atoms with E-state index >= 15 is 0 Å². The zero-order valence-electron chi connectivity index (χ0n) is 10.1. The van der Waals surface area contributed by atoms with Crippen LogP contribution in [0.5, 0.6) is 0 Å². The normalized spacial score (nSPS) is 10.3. The Balaban J connectivity index is 2.27. The first-order valence-corrected chi connectivity index (χ1v) is 5.70. The van der Waals surface area contributed by atoms with E-state index in [-0.39, 0.29) is 11.5 Å². The summed E-state index contributed by atoms with van der Waals surface area (Å²) in [5, 5.41) is 24.2. The molecule has 0 radical (unpaired) electrons. The third kappa shape index (κ3) is 1.76. The molecule has 7 heteroatoms. The van der Waals surface area contributed by atoms with Crippen molar-refractivity contribution in [2.24, 2.45) is 0 Å². The van der Waals surface area contributed by atoms with Gasteiger partial charge in [-0.2, -0.15) is 5.26 Å². The zero-order chi connectivity index (χ0) is 14.1. The second-order valence-electron chi connectivity index (χ2n) is 4.00. The number of hydrogen-bond donors (Lipinski definition) is 0. The zero-order valence-corrected chi connectivity index (χ0v) is 10.1. The first-order valence-electron chi connectivity index (χ1n) is 5.70. The number of hydrogen-bond acceptors (Lipinski definition) is 5. The van der Waals surface area contributed by atoms with Gasteiger partial charge in [0.1, 0.15) is 11.8 Å². The number of nitriles is 1. The molecule has 0 bridgehead atoms. The van der Waals surface area contributed by atoms with Crippen LogP contribution in [-0.2, 0) is 0 Å². The molecule has 2 heterocycles. The van der Waals surface area contributed by atoms with Crippen molar-refractivity contribution in [2.75, 3.05) is 0 Å². The maximum absolute atomic E-state index is 11.0. The fourth-order valence-corrected chi connectivity index (χ4v) is 1.93. The van der Waals surface area contributed by atoms with Crippen LogP contribution in [0.3, 0.4) is 0 Å². The van der Waals surface area contributed by atoms with Crippen LogP contribution >= 0.6 is 0 Å². The van der Waals surface area contributed by atoms with Gasteiger partial charge >= 0.3 is 0 Å². The molecule has 0 saturated carbocycles. The minimum atomic E-state index is -0.480. The van der Waals surface area contributed by atoms with Crippen LogP contribution in [-0.4, -0.2) is 19.5 Å². The number of nitro groups is 1. The van der Waals surface area contributed by atoms with Gasteiger partial charge in [-0.15, -0.1) is 5.10 Å². The van der Waals surface area contributed by atoms with Gasteiger partial charge in [0, 0.05) is 6.07 Å². The topological polar surface area (TPSA) is 97.1 Å². The quantitative estimate of drug-likeness (QED) is 0.522. The van der Waals surface area contributed by atoms with E-state index in [1.165, 1.54) is 10.6 Å². The number of fused-ring (bicyclic) bond motifs is 1. The lowest BCUT2D eigenvalue weighted by molar-refractivity contribution is -0.384. The number of nitrogens with zero attached hydrogens (tertiary/aromatic N) is 5. The summed E-state index contributed by atoms with van der Waals surface area (Å²) >= 11 is 0. The van der Waals surface area contributed by atoms with E-state index in [1.54, 1.807) is 36.4 Å². The van der Waals surface area contributed by atoms with Crippen molar-refractivity contribution in [1.82, 2.24) is 14.6 Å². The summed E-state index contributed by atoms with van der Waals surface area (Å²) in [6.07, 6.45) is 0. The molecule has 0 amide bonds. The fraction of sp³-hybridized carbons (Fsp3) is 0. The van der Waals surface area contributed by atoms with E-state index in [0.717, 1.165) is 0 Å². The summed E-state index contributed by atoms with van der Waals surface area (Å²) in [7, 11) is 0. The van der Waals surface area contributed by atoms with Crippen molar-refractivity contribution in [2.45, 2.75) is 0 Å². The van der Waals surface area contributed by atoms with Crippen LogP contribution in [0.2, 0.25) is 0 Å². The number of aromatic nitrogens is 3. The third-order valence-corrected chi connectivity index (χ3v) is 2.82. The predicted molar refractivity (Wildman–Crippen MR) is 69.8 cm³/mol. The van der Waals surface area contributed by atoms with Crippen molar-refractivity contribution < 1.29 is 4.92 Å². The lowest BCUT2D eigenvalue weighted by atomic mass is 10.2. The Morgan fingerprint density at radius 3 is 2.75 bits per heavy atom. The summed E-state index contributed by atoms with van der Waals surface area (Å²) in [4.78, 5) is 14.8. The standard InChI is InChI=1S/C13H7N5O2/c14-8-9-4-3-7-12-15-13(16-17(9)12)10-5-1-2-6-11(10)18(19)20/h1-7H. The van der Waals surface area contributed by atoms with Gasteiger partial charge in [0.25, 0.3) is 5.69 Å². The Hall–Kier alpha value is -3.27. The molecule has 0 aliphatic heterocycles. The molecule has 0 N–H and O–H groups in total. The number of rotatable bonds is 2. The Kier molecular flexibility index (Phi) is 2.62. The van der Waals surface area contributed by atoms with Gasteiger partial charge in [-0.05, 0) is 18.2 Å². The molecule has 0 atom stereocenters. The molecular weight excluding hydrogens is 258 g/mol. The Labute approximate surface area is 112 Å². The molecule has 20 heavy (non-hydrogen) atoms. The van der Waals surface area contributed by atoms with Gasteiger partial charge in [-0.25, -0.2) is 9.50 Å². The highest BCUT2D eigenvalue weighted by Gasteiger charge is 2.18. The monoisotopic (exact) mass is 265 g/mol. The number of nitro benzene ring substituents is 1.